The van der Waals surface area contributed by atoms with Crippen LogP contribution in [0.25, 0.3) is 0 Å². The molecule has 1 aliphatic heterocycles. The highest BCUT2D eigenvalue weighted by Gasteiger charge is 2.40. The fourth-order valence-electron chi connectivity index (χ4n) is 2.64. The molecule has 0 spiro atoms. The number of hydrogen-bond acceptors (Lipinski definition) is 5. The number of amides is 1. The van der Waals surface area contributed by atoms with E-state index in [9.17, 15) is 9.59 Å². The highest BCUT2D eigenvalue weighted by atomic mass is 32.2. The smallest absolute Gasteiger partial charge is 0.292 e. The van der Waals surface area contributed by atoms with E-state index >= 15 is 0 Å². The minimum Gasteiger partial charge on any atom is -0.350 e. The van der Waals surface area contributed by atoms with Gasteiger partial charge in [-0.25, -0.2) is 0 Å². The van der Waals surface area contributed by atoms with Crippen molar-refractivity contribution < 1.29 is 14.3 Å². The van der Waals surface area contributed by atoms with E-state index in [0.29, 0.717) is 31.3 Å². The van der Waals surface area contributed by atoms with Gasteiger partial charge in [0.1, 0.15) is 0 Å². The molecule has 0 radical (unpaired) electrons. The number of carbonyl (C=O) groups excluding carboxylic acids is 2. The topological polar surface area (TPSA) is 59.5 Å². The zero-order valence-electron chi connectivity index (χ0n) is 14.1. The third-order valence-corrected chi connectivity index (χ3v) is 4.78. The van der Waals surface area contributed by atoms with Crippen molar-refractivity contribution in [2.24, 2.45) is 0 Å². The highest BCUT2D eigenvalue weighted by molar-refractivity contribution is 8.26. The summed E-state index contributed by atoms with van der Waals surface area (Å²) >= 11 is 0.716. The Morgan fingerprint density at radius 1 is 1.08 bits per heavy atom. The standard InChI is InChI=1S/C19H20N2O3S/c1-2-15-9-6-10-16(20-15)11-12-24-17-18(22)25-19(23)21(17)13-14-7-4-3-5-8-14/h3-10,17H,2,11-13H2,1H3. The molecule has 1 fully saturated rings. The molecule has 0 aliphatic carbocycles. The molecular formula is C19H20N2O3S. The summed E-state index contributed by atoms with van der Waals surface area (Å²) in [6.07, 6.45) is 0.661. The minimum absolute atomic E-state index is 0.254. The van der Waals surface area contributed by atoms with Crippen molar-refractivity contribution in [3.8, 4) is 0 Å². The molecule has 0 saturated carbocycles. The van der Waals surface area contributed by atoms with Crippen LogP contribution in [0.3, 0.4) is 0 Å². The first-order valence-electron chi connectivity index (χ1n) is 8.30. The van der Waals surface area contributed by atoms with Crippen LogP contribution in [0.4, 0.5) is 4.79 Å². The Morgan fingerprint density at radius 3 is 2.60 bits per heavy atom. The van der Waals surface area contributed by atoms with Crippen LogP contribution in [-0.2, 0) is 28.9 Å². The maximum Gasteiger partial charge on any atom is 0.292 e. The highest BCUT2D eigenvalue weighted by Crippen LogP contribution is 2.28. The number of thioether (sulfide) groups is 1. The molecule has 1 atom stereocenters. The van der Waals surface area contributed by atoms with Crippen molar-refractivity contribution in [1.29, 1.82) is 0 Å². The van der Waals surface area contributed by atoms with E-state index < -0.39 is 6.23 Å². The van der Waals surface area contributed by atoms with Crippen LogP contribution >= 0.6 is 11.8 Å². The molecule has 1 saturated heterocycles. The number of aromatic nitrogens is 1. The first-order valence-corrected chi connectivity index (χ1v) is 9.11. The Hall–Kier alpha value is -2.18. The second kappa shape index (κ2) is 8.27. The van der Waals surface area contributed by atoms with Gasteiger partial charge in [0.2, 0.25) is 11.3 Å². The fraction of sp³-hybridized carbons (Fsp3) is 0.316. The minimum atomic E-state index is -0.827. The lowest BCUT2D eigenvalue weighted by molar-refractivity contribution is -0.129. The van der Waals surface area contributed by atoms with Crippen molar-refractivity contribution in [2.45, 2.75) is 32.5 Å². The summed E-state index contributed by atoms with van der Waals surface area (Å²) in [6.45, 7) is 2.77. The van der Waals surface area contributed by atoms with Crippen molar-refractivity contribution in [2.75, 3.05) is 6.61 Å². The summed E-state index contributed by atoms with van der Waals surface area (Å²) in [7, 11) is 0. The number of aryl methyl sites for hydroxylation is 1. The van der Waals surface area contributed by atoms with Gasteiger partial charge >= 0.3 is 0 Å². The van der Waals surface area contributed by atoms with Crippen LogP contribution in [0.5, 0.6) is 0 Å². The van der Waals surface area contributed by atoms with Gasteiger partial charge in [-0.05, 0) is 24.1 Å². The summed E-state index contributed by atoms with van der Waals surface area (Å²) in [5, 5.41) is -0.513. The lowest BCUT2D eigenvalue weighted by atomic mass is 10.2. The van der Waals surface area contributed by atoms with E-state index in [0.717, 1.165) is 23.4 Å². The SMILES string of the molecule is CCc1cccc(CCOC2C(=O)SC(=O)N2Cc2ccccc2)n1. The summed E-state index contributed by atoms with van der Waals surface area (Å²) < 4.78 is 5.74. The quantitative estimate of drug-likeness (QED) is 0.761. The molecule has 0 N–H and O–H groups in total. The van der Waals surface area contributed by atoms with Crippen molar-refractivity contribution in [3.05, 3.63) is 65.5 Å². The van der Waals surface area contributed by atoms with Crippen LogP contribution in [-0.4, -0.2) is 33.1 Å². The molecule has 5 nitrogen and oxygen atoms in total. The molecule has 0 bridgehead atoms. The lowest BCUT2D eigenvalue weighted by Gasteiger charge is -2.22. The van der Waals surface area contributed by atoms with Gasteiger partial charge in [-0.2, -0.15) is 0 Å². The zero-order valence-corrected chi connectivity index (χ0v) is 14.9. The maximum absolute atomic E-state index is 12.1. The number of rotatable bonds is 7. The molecule has 1 aliphatic rings. The van der Waals surface area contributed by atoms with Crippen molar-refractivity contribution in [1.82, 2.24) is 9.88 Å². The molecular weight excluding hydrogens is 336 g/mol. The summed E-state index contributed by atoms with van der Waals surface area (Å²) in [5.74, 6) is 0. The second-order valence-corrected chi connectivity index (χ2v) is 6.70. The number of ether oxygens (including phenoxy) is 1. The average molecular weight is 356 g/mol. The maximum atomic E-state index is 12.1. The van der Waals surface area contributed by atoms with Gasteiger partial charge in [0.15, 0.2) is 0 Å². The van der Waals surface area contributed by atoms with E-state index in [1.165, 1.54) is 4.90 Å². The number of benzene rings is 1. The molecule has 1 amide bonds. The molecule has 6 heteroatoms. The molecule has 2 aromatic rings. The van der Waals surface area contributed by atoms with Crippen LogP contribution < -0.4 is 0 Å². The Bertz CT molecular complexity index is 751. The van der Waals surface area contributed by atoms with E-state index in [1.807, 2.05) is 48.5 Å². The summed E-state index contributed by atoms with van der Waals surface area (Å²) in [4.78, 5) is 30.2. The normalized spacial score (nSPS) is 17.3. The molecule has 130 valence electrons. The lowest BCUT2D eigenvalue weighted by Crippen LogP contribution is -2.37. The fourth-order valence-corrected chi connectivity index (χ4v) is 3.39. The third-order valence-electron chi connectivity index (χ3n) is 3.96. The predicted octanol–water partition coefficient (Wildman–Crippen LogP) is 3.42. The molecule has 1 aromatic heterocycles. The van der Waals surface area contributed by atoms with Gasteiger partial charge in [-0.15, -0.1) is 0 Å². The number of carbonyl (C=O) groups is 2. The van der Waals surface area contributed by atoms with Crippen LogP contribution in [0.1, 0.15) is 23.9 Å². The first kappa shape index (κ1) is 17.6. The van der Waals surface area contributed by atoms with E-state index in [4.69, 9.17) is 4.74 Å². The summed E-state index contributed by atoms with van der Waals surface area (Å²) in [6, 6.07) is 15.5. The Morgan fingerprint density at radius 2 is 1.84 bits per heavy atom. The molecule has 25 heavy (non-hydrogen) atoms. The van der Waals surface area contributed by atoms with Gasteiger partial charge in [0.25, 0.3) is 5.24 Å². The van der Waals surface area contributed by atoms with E-state index in [-0.39, 0.29) is 10.4 Å². The Kier molecular flexibility index (Phi) is 5.83. The largest absolute Gasteiger partial charge is 0.350 e. The Balaban J connectivity index is 1.60. The zero-order chi connectivity index (χ0) is 17.6. The number of nitrogens with zero attached hydrogens (tertiary/aromatic N) is 2. The second-order valence-electron chi connectivity index (χ2n) is 5.75. The van der Waals surface area contributed by atoms with E-state index in [1.54, 1.807) is 0 Å². The monoisotopic (exact) mass is 356 g/mol. The molecule has 1 aromatic carbocycles. The van der Waals surface area contributed by atoms with Gasteiger partial charge in [0, 0.05) is 36.1 Å². The third kappa shape index (κ3) is 4.46. The van der Waals surface area contributed by atoms with Crippen LogP contribution in [0.15, 0.2) is 48.5 Å². The van der Waals surface area contributed by atoms with Gasteiger partial charge < -0.3 is 4.74 Å². The van der Waals surface area contributed by atoms with Gasteiger partial charge in [-0.3, -0.25) is 19.5 Å². The predicted molar refractivity (Wildman–Crippen MR) is 97.0 cm³/mol. The number of hydrogen-bond donors (Lipinski definition) is 0. The van der Waals surface area contributed by atoms with Crippen LogP contribution in [0, 0.1) is 0 Å². The van der Waals surface area contributed by atoms with Gasteiger partial charge in [0.05, 0.1) is 6.61 Å². The Labute approximate surface area is 151 Å². The average Bonchev–Trinajstić information content (AvgIpc) is 2.90. The molecule has 2 heterocycles. The van der Waals surface area contributed by atoms with E-state index in [2.05, 4.69) is 11.9 Å². The summed E-state index contributed by atoms with van der Waals surface area (Å²) in [5.41, 5.74) is 2.93. The van der Waals surface area contributed by atoms with Crippen molar-refractivity contribution >= 4 is 22.1 Å². The molecule has 1 unspecified atom stereocenters. The molecule has 3 rings (SSSR count). The number of pyridine rings is 1. The van der Waals surface area contributed by atoms with Crippen molar-refractivity contribution in [3.63, 3.8) is 0 Å². The van der Waals surface area contributed by atoms with Crippen LogP contribution in [0.2, 0.25) is 0 Å². The van der Waals surface area contributed by atoms with Gasteiger partial charge in [-0.1, -0.05) is 43.3 Å². The first-order chi connectivity index (χ1) is 12.2.